The number of quaternary nitrogens is 3. The summed E-state index contributed by atoms with van der Waals surface area (Å²) in [6.07, 6.45) is 117. The molecule has 0 unspecified atom stereocenters. The zero-order valence-corrected chi connectivity index (χ0v) is 85.1. The normalized spacial score (nSPS) is 12.2. The Bertz CT molecular complexity index is 1750. The molecule has 0 saturated heterocycles. The molecule has 0 heterocycles. The molecule has 0 aliphatic heterocycles. The maximum Gasteiger partial charge on any atom is 0.318 e. The van der Waals surface area contributed by atoms with Gasteiger partial charge in [-0.05, 0) is 116 Å². The summed E-state index contributed by atoms with van der Waals surface area (Å²) in [5.74, 6) is 0.520. The second-order valence-corrected chi connectivity index (χ2v) is 40.8. The Hall–Kier alpha value is -1.11. The van der Waals surface area contributed by atoms with Crippen molar-refractivity contribution in [2.45, 2.75) is 653 Å². The highest BCUT2D eigenvalue weighted by Gasteiger charge is 2.49. The lowest BCUT2D eigenvalue weighted by molar-refractivity contribution is -0.861. The fraction of sp³-hybridized carbons (Fsp3) is 0.974. The van der Waals surface area contributed by atoms with Crippen LogP contribution in [0.4, 0.5) is 0 Å². The lowest BCUT2D eigenvalue weighted by atomic mass is 9.92. The molecule has 0 aromatic carbocycles. The first-order valence-electron chi connectivity index (χ1n) is 57.3. The van der Waals surface area contributed by atoms with Crippen LogP contribution in [0.1, 0.15) is 653 Å². The van der Waals surface area contributed by atoms with Gasteiger partial charge in [0.2, 0.25) is 0 Å². The molecule has 716 valence electrons. The molecule has 3 amide bonds. The van der Waals surface area contributed by atoms with Gasteiger partial charge in [0.05, 0.1) is 77.7 Å². The zero-order valence-electron chi connectivity index (χ0n) is 85.1. The smallest absolute Gasteiger partial charge is 0.260 e. The summed E-state index contributed by atoms with van der Waals surface area (Å²) in [5.41, 5.74) is 0. The highest BCUT2D eigenvalue weighted by molar-refractivity contribution is 5.84. The molecule has 0 fully saturated rings. The highest BCUT2D eigenvalue weighted by Crippen LogP contribution is 2.33. The molecule has 0 atom stereocenters. The molecule has 0 aromatic rings. The molecular formula is C114H230N3O3+3. The molecule has 0 saturated carbocycles. The fourth-order valence-electron chi connectivity index (χ4n) is 20.6. The van der Waals surface area contributed by atoms with Gasteiger partial charge in [-0.2, -0.15) is 0 Å². The first kappa shape index (κ1) is 119. The van der Waals surface area contributed by atoms with Crippen molar-refractivity contribution in [3.63, 3.8) is 0 Å². The summed E-state index contributed by atoms with van der Waals surface area (Å²) < 4.78 is 1.66. The van der Waals surface area contributed by atoms with Crippen LogP contribution in [0.25, 0.3) is 0 Å². The van der Waals surface area contributed by atoms with Gasteiger partial charge in [-0.15, -0.1) is 0 Å². The molecule has 0 radical (unpaired) electrons. The van der Waals surface area contributed by atoms with Gasteiger partial charge in [0.1, 0.15) is 0 Å². The maximum atomic E-state index is 17.9. The SMILES string of the molecule is CCCCCCCCCCCC[N+](CCCCCCCCCCCC)(CCCCCCCCCCCC)C(=O)CC(CC(=O)[N+](CCCCCCCCCCCC)(CCCCCCCCCCCC)CCCCCCCCCCCC)C(=O)[N+](CCCCCCCCCCCC)(CCCCCCCCCCCC)CCCCCCCCCCCC. The minimum absolute atomic E-state index is 0.278. The quantitative estimate of drug-likeness (QED) is 0.0450. The van der Waals surface area contributed by atoms with E-state index in [0.717, 1.165) is 117 Å². The predicted octanol–water partition coefficient (Wildman–Crippen LogP) is 38.7. The Labute approximate surface area is 758 Å². The second-order valence-electron chi connectivity index (χ2n) is 40.8. The number of carbonyl (C=O) groups excluding carboxylic acids is 3. The van der Waals surface area contributed by atoms with E-state index in [0.29, 0.717) is 31.2 Å². The van der Waals surface area contributed by atoms with E-state index >= 15 is 14.4 Å². The van der Waals surface area contributed by atoms with E-state index < -0.39 is 5.92 Å². The third kappa shape index (κ3) is 73.8. The largest absolute Gasteiger partial charge is 0.318 e. The Kier molecular flexibility index (Phi) is 94.6. The summed E-state index contributed by atoms with van der Waals surface area (Å²) in [6.45, 7) is 29.3. The standard InChI is InChI=1S/C114H230N3O3/c1-10-19-28-37-46-55-64-73-82-91-100-115(101-92-83-74-65-56-47-38-29-20-11-2,102-93-84-75-66-57-48-39-30-21-12-3)112(118)109-111(114(120)117(106-97-88-79-70-61-52-43-34-25-16-7,107-98-89-80-71-62-53-44-35-26-17-8)108-99-90-81-72-63-54-45-36-27-18-9)110-113(119)116(103-94-85-76-67-58-49-40-31-22-13-4,104-95-86-77-68-59-50-41-32-23-14-5)105-96-87-78-69-60-51-42-33-24-15-6/h111H,10-110H2,1-9H3/q+3. The summed E-state index contributed by atoms with van der Waals surface area (Å²) in [5, 5.41) is 0. The third-order valence-corrected chi connectivity index (χ3v) is 29.2. The number of amides is 3. The van der Waals surface area contributed by atoms with Crippen LogP contribution in [-0.2, 0) is 14.4 Å². The molecule has 0 N–H and O–H groups in total. The van der Waals surface area contributed by atoms with E-state index in [1.54, 1.807) is 0 Å². The van der Waals surface area contributed by atoms with Crippen molar-refractivity contribution in [1.29, 1.82) is 0 Å². The maximum absolute atomic E-state index is 17.9. The van der Waals surface area contributed by atoms with Gasteiger partial charge in [-0.1, -0.05) is 525 Å². The van der Waals surface area contributed by atoms with Gasteiger partial charge in [0.15, 0.2) is 0 Å². The van der Waals surface area contributed by atoms with E-state index in [-0.39, 0.29) is 12.8 Å². The van der Waals surface area contributed by atoms with Crippen LogP contribution in [0.2, 0.25) is 0 Å². The van der Waals surface area contributed by atoms with Crippen molar-refractivity contribution in [1.82, 2.24) is 0 Å². The van der Waals surface area contributed by atoms with Crippen molar-refractivity contribution >= 4 is 17.7 Å². The summed E-state index contributed by atoms with van der Waals surface area (Å²) >= 11 is 0. The molecule has 0 aromatic heterocycles. The Morgan fingerprint density at radius 2 is 0.225 bits per heavy atom. The molecule has 0 spiro atoms. The summed E-state index contributed by atoms with van der Waals surface area (Å²) in [4.78, 5) is 52.6. The molecule has 120 heavy (non-hydrogen) atoms. The van der Waals surface area contributed by atoms with Crippen LogP contribution in [0.15, 0.2) is 0 Å². The van der Waals surface area contributed by atoms with Crippen molar-refractivity contribution < 1.29 is 27.8 Å². The molecular weight excluding hydrogens is 1460 g/mol. The van der Waals surface area contributed by atoms with Crippen LogP contribution in [0, 0.1) is 5.92 Å². The fourth-order valence-corrected chi connectivity index (χ4v) is 20.6. The van der Waals surface area contributed by atoms with Gasteiger partial charge in [0, 0.05) is 0 Å². The number of hydrogen-bond donors (Lipinski definition) is 0. The van der Waals surface area contributed by atoms with Gasteiger partial charge in [-0.3, -0.25) is 13.4 Å². The Balaban J connectivity index is 8.94. The van der Waals surface area contributed by atoms with E-state index in [1.165, 1.54) is 520 Å². The summed E-state index contributed by atoms with van der Waals surface area (Å²) in [6, 6.07) is 0. The molecule has 6 nitrogen and oxygen atoms in total. The predicted molar refractivity (Wildman–Crippen MR) is 539 cm³/mol. The van der Waals surface area contributed by atoms with Crippen LogP contribution < -0.4 is 0 Å². The first-order chi connectivity index (χ1) is 59.1. The minimum atomic E-state index is -0.574. The minimum Gasteiger partial charge on any atom is -0.260 e. The third-order valence-electron chi connectivity index (χ3n) is 29.2. The number of rotatable bonds is 104. The molecule has 0 aliphatic rings. The average molecular weight is 1690 g/mol. The highest BCUT2D eigenvalue weighted by atomic mass is 16.2. The first-order valence-corrected chi connectivity index (χ1v) is 57.3. The Morgan fingerprint density at radius 1 is 0.133 bits per heavy atom. The van der Waals surface area contributed by atoms with Crippen molar-refractivity contribution in [3.8, 4) is 0 Å². The van der Waals surface area contributed by atoms with Crippen LogP contribution in [0.5, 0.6) is 0 Å². The van der Waals surface area contributed by atoms with Gasteiger partial charge < -0.3 is 0 Å². The van der Waals surface area contributed by atoms with Crippen LogP contribution >= 0.6 is 0 Å². The van der Waals surface area contributed by atoms with Crippen LogP contribution in [0.3, 0.4) is 0 Å². The van der Waals surface area contributed by atoms with E-state index in [2.05, 4.69) is 62.3 Å². The van der Waals surface area contributed by atoms with Crippen LogP contribution in [-0.4, -0.2) is 90.1 Å². The van der Waals surface area contributed by atoms with Crippen molar-refractivity contribution in [3.05, 3.63) is 0 Å². The summed E-state index contributed by atoms with van der Waals surface area (Å²) in [7, 11) is 0. The van der Waals surface area contributed by atoms with Crippen molar-refractivity contribution in [2.24, 2.45) is 5.92 Å². The molecule has 0 rings (SSSR count). The molecule has 0 aliphatic carbocycles. The van der Waals surface area contributed by atoms with E-state index in [9.17, 15) is 0 Å². The van der Waals surface area contributed by atoms with Gasteiger partial charge in [0.25, 0.3) is 0 Å². The van der Waals surface area contributed by atoms with Gasteiger partial charge >= 0.3 is 17.7 Å². The lowest BCUT2D eigenvalue weighted by Crippen LogP contribution is -2.61. The zero-order chi connectivity index (χ0) is 87.2. The number of hydrogen-bond acceptors (Lipinski definition) is 3. The van der Waals surface area contributed by atoms with E-state index in [1.807, 2.05) is 0 Å². The Morgan fingerprint density at radius 3 is 0.333 bits per heavy atom. The van der Waals surface area contributed by atoms with Crippen molar-refractivity contribution in [2.75, 3.05) is 58.9 Å². The second kappa shape index (κ2) is 95.5. The lowest BCUT2D eigenvalue weighted by Gasteiger charge is -2.42. The van der Waals surface area contributed by atoms with E-state index in [4.69, 9.17) is 0 Å². The molecule has 0 bridgehead atoms. The topological polar surface area (TPSA) is 51.2 Å². The average Bonchev–Trinajstić information content (AvgIpc) is 0.787. The molecule has 6 heteroatoms. The van der Waals surface area contributed by atoms with Gasteiger partial charge in [-0.25, -0.2) is 14.4 Å². The number of nitrogens with zero attached hydrogens (tertiary/aromatic N) is 3. The number of unbranched alkanes of at least 4 members (excludes halogenated alkanes) is 81. The number of carbonyl (C=O) groups is 3. The monoisotopic (exact) mass is 1690 g/mol.